The van der Waals surface area contributed by atoms with Crippen LogP contribution in [0.4, 0.5) is 11.5 Å². The average molecular weight is 401 g/mol. The van der Waals surface area contributed by atoms with Crippen molar-refractivity contribution in [3.63, 3.8) is 0 Å². The summed E-state index contributed by atoms with van der Waals surface area (Å²) >= 11 is 0. The van der Waals surface area contributed by atoms with Gasteiger partial charge in [0.25, 0.3) is 5.56 Å². The molecule has 0 amide bonds. The van der Waals surface area contributed by atoms with Crippen molar-refractivity contribution in [3.05, 3.63) is 71.6 Å². The summed E-state index contributed by atoms with van der Waals surface area (Å²) in [6.07, 6.45) is 15.8. The summed E-state index contributed by atoms with van der Waals surface area (Å²) in [7, 11) is 0. The molecule has 1 N–H and O–H groups in total. The van der Waals surface area contributed by atoms with Gasteiger partial charge in [-0.3, -0.25) is 14.4 Å². The number of aromatic nitrogens is 3. The van der Waals surface area contributed by atoms with E-state index in [1.807, 2.05) is 0 Å². The lowest BCUT2D eigenvalue weighted by Gasteiger charge is -2.14. The number of nitrogens with one attached hydrogen (secondary N) is 1. The second-order valence-corrected chi connectivity index (χ2v) is 6.32. The maximum absolute atomic E-state index is 12.5. The maximum atomic E-state index is 12.5. The lowest BCUT2D eigenvalue weighted by atomic mass is 10.1. The molecule has 0 spiro atoms. The van der Waals surface area contributed by atoms with Gasteiger partial charge in [0.2, 0.25) is 6.79 Å². The first kappa shape index (κ1) is 17.7. The third kappa shape index (κ3) is 3.28. The van der Waals surface area contributed by atoms with Crippen LogP contribution in [0.1, 0.15) is 5.56 Å². The lowest BCUT2D eigenvalue weighted by Crippen LogP contribution is -2.13. The highest BCUT2D eigenvalue weighted by Crippen LogP contribution is 2.45. The van der Waals surface area contributed by atoms with Gasteiger partial charge in [0.1, 0.15) is 12.1 Å². The molecule has 0 unspecified atom stereocenters. The van der Waals surface area contributed by atoms with Crippen LogP contribution in [0.15, 0.2) is 65.4 Å². The zero-order chi connectivity index (χ0) is 20.3. The van der Waals surface area contributed by atoms with E-state index in [0.717, 1.165) is 5.39 Å². The molecule has 1 aromatic carbocycles. The normalized spacial score (nSPS) is 14.5. The Kier molecular flexibility index (Phi) is 4.45. The molecule has 0 radical (unpaired) electrons. The molecule has 5 rings (SSSR count). The molecular formula is C21H15N5O4. The Morgan fingerprint density at radius 3 is 3.10 bits per heavy atom. The fourth-order valence-corrected chi connectivity index (χ4v) is 3.12. The summed E-state index contributed by atoms with van der Waals surface area (Å²) in [5, 5.41) is 4.77. The number of rotatable bonds is 0. The molecule has 0 fully saturated rings. The summed E-state index contributed by atoms with van der Waals surface area (Å²) in [6, 6.07) is 3.32. The molecule has 9 nitrogen and oxygen atoms in total. The van der Waals surface area contributed by atoms with Crippen LogP contribution in [-0.4, -0.2) is 27.5 Å². The Balaban J connectivity index is 1.76. The van der Waals surface area contributed by atoms with Crippen LogP contribution in [-0.2, 0) is 4.74 Å². The summed E-state index contributed by atoms with van der Waals surface area (Å²) in [5.41, 5.74) is 1.13. The monoisotopic (exact) mass is 401 g/mol. The van der Waals surface area contributed by atoms with E-state index in [2.05, 4.69) is 20.3 Å². The quantitative estimate of drug-likeness (QED) is 0.617. The molecule has 4 heterocycles. The van der Waals surface area contributed by atoms with E-state index in [1.165, 1.54) is 35.7 Å². The highest BCUT2D eigenvalue weighted by molar-refractivity contribution is 6.00. The molecule has 2 aliphatic heterocycles. The lowest BCUT2D eigenvalue weighted by molar-refractivity contribution is 0.174. The predicted octanol–water partition coefficient (Wildman–Crippen LogP) is 3.28. The second kappa shape index (κ2) is 7.55. The highest BCUT2D eigenvalue weighted by atomic mass is 16.7. The Morgan fingerprint density at radius 2 is 2.13 bits per heavy atom. The number of hydrogen-bond donors (Lipinski definition) is 1. The van der Waals surface area contributed by atoms with E-state index in [9.17, 15) is 4.79 Å². The van der Waals surface area contributed by atoms with E-state index in [1.54, 1.807) is 43.0 Å². The van der Waals surface area contributed by atoms with Crippen molar-refractivity contribution in [2.75, 3.05) is 12.1 Å². The van der Waals surface area contributed by atoms with E-state index in [0.29, 0.717) is 34.0 Å². The van der Waals surface area contributed by atoms with E-state index in [4.69, 9.17) is 14.2 Å². The number of allylic oxidation sites excluding steroid dienone is 1. The van der Waals surface area contributed by atoms with Crippen LogP contribution in [0.5, 0.6) is 11.5 Å². The third-order valence-corrected chi connectivity index (χ3v) is 4.49. The van der Waals surface area contributed by atoms with Crippen LogP contribution in [0.2, 0.25) is 0 Å². The number of hydrogen-bond acceptors (Lipinski definition) is 8. The van der Waals surface area contributed by atoms with Gasteiger partial charge in [-0.05, 0) is 23.6 Å². The number of anilines is 2. The number of pyridine rings is 1. The van der Waals surface area contributed by atoms with Crippen LogP contribution in [0.3, 0.4) is 0 Å². The van der Waals surface area contributed by atoms with Gasteiger partial charge in [-0.2, -0.15) is 0 Å². The van der Waals surface area contributed by atoms with Gasteiger partial charge >= 0.3 is 0 Å². The van der Waals surface area contributed by atoms with Gasteiger partial charge in [0.05, 0.1) is 18.2 Å². The predicted molar refractivity (Wildman–Crippen MR) is 113 cm³/mol. The average Bonchev–Trinajstić information content (AvgIpc) is 3.21. The van der Waals surface area contributed by atoms with Gasteiger partial charge in [0.15, 0.2) is 11.5 Å². The first-order chi connectivity index (χ1) is 14.8. The standard InChI is InChI=1S/C21H15N5O4/c27-18-9-15-8-17-20(30-13-29-17)19-16(15)11-26(18)5-4-22-3-1-6-28-7-2-14-10-23-12-24-21(14)25-19/h1-12H,13H2,(H,23,24,25). The number of benzene rings is 1. The first-order valence-corrected chi connectivity index (χ1v) is 9.02. The van der Waals surface area contributed by atoms with Gasteiger partial charge in [0, 0.05) is 48.0 Å². The highest BCUT2D eigenvalue weighted by Gasteiger charge is 2.23. The molecule has 30 heavy (non-hydrogen) atoms. The molecule has 3 aromatic rings. The molecule has 9 heteroatoms. The van der Waals surface area contributed by atoms with Gasteiger partial charge in [-0.25, -0.2) is 9.97 Å². The Morgan fingerprint density at radius 1 is 1.17 bits per heavy atom. The van der Waals surface area contributed by atoms with E-state index < -0.39 is 0 Å². The molecule has 2 aromatic heterocycles. The van der Waals surface area contributed by atoms with Gasteiger partial charge in [-0.15, -0.1) is 0 Å². The third-order valence-electron chi connectivity index (χ3n) is 4.49. The Hall–Kier alpha value is -4.40. The van der Waals surface area contributed by atoms with Crippen molar-refractivity contribution in [1.82, 2.24) is 14.5 Å². The second-order valence-electron chi connectivity index (χ2n) is 6.32. The fraction of sp³-hybridized carbons (Fsp3) is 0.0476. The van der Waals surface area contributed by atoms with Crippen molar-refractivity contribution < 1.29 is 14.2 Å². The summed E-state index contributed by atoms with van der Waals surface area (Å²) in [6.45, 7) is 0.0931. The smallest absolute Gasteiger partial charge is 0.255 e. The fourth-order valence-electron chi connectivity index (χ4n) is 3.12. The topological polar surface area (TPSA) is 99.9 Å². The van der Waals surface area contributed by atoms with Crippen LogP contribution in [0, 0.1) is 0 Å². The van der Waals surface area contributed by atoms with Gasteiger partial charge in [-0.1, -0.05) is 0 Å². The zero-order valence-electron chi connectivity index (χ0n) is 15.6. The molecule has 0 aliphatic carbocycles. The summed E-state index contributed by atoms with van der Waals surface area (Å²) < 4.78 is 18.0. The largest absolute Gasteiger partial charge is 0.473 e. The van der Waals surface area contributed by atoms with Crippen LogP contribution < -0.4 is 20.3 Å². The molecule has 0 atom stereocenters. The summed E-state index contributed by atoms with van der Waals surface area (Å²) in [5.74, 6) is 1.64. The number of nitrogens with zero attached hydrogens (tertiary/aromatic N) is 4. The Bertz CT molecular complexity index is 1310. The van der Waals surface area contributed by atoms with Crippen molar-refractivity contribution in [3.8, 4) is 11.5 Å². The minimum atomic E-state index is -0.204. The SMILES string of the molecule is O=c1cc2cc3c(c4c2cn1C=CN=CC=COC=Cc1cncnc1N4)OCO3. The molecular weight excluding hydrogens is 386 g/mol. The molecule has 0 saturated heterocycles. The Labute approximate surface area is 170 Å². The van der Waals surface area contributed by atoms with Crippen molar-refractivity contribution in [2.45, 2.75) is 0 Å². The van der Waals surface area contributed by atoms with Crippen molar-refractivity contribution in [1.29, 1.82) is 0 Å². The minimum Gasteiger partial charge on any atom is -0.473 e. The number of aliphatic imine (C=N–C) groups is 1. The molecule has 148 valence electrons. The van der Waals surface area contributed by atoms with Crippen molar-refractivity contribution in [2.24, 2.45) is 4.99 Å². The maximum Gasteiger partial charge on any atom is 0.255 e. The van der Waals surface area contributed by atoms with Crippen LogP contribution >= 0.6 is 0 Å². The zero-order valence-corrected chi connectivity index (χ0v) is 15.6. The molecule has 2 aliphatic rings. The molecule has 0 saturated carbocycles. The first-order valence-electron chi connectivity index (χ1n) is 9.02. The van der Waals surface area contributed by atoms with Gasteiger partial charge < -0.3 is 19.5 Å². The van der Waals surface area contributed by atoms with Crippen molar-refractivity contribution >= 4 is 40.8 Å². The number of ether oxygens (including phenoxy) is 3. The van der Waals surface area contributed by atoms with E-state index in [-0.39, 0.29) is 12.4 Å². The minimum absolute atomic E-state index is 0.0931. The van der Waals surface area contributed by atoms with E-state index >= 15 is 0 Å². The summed E-state index contributed by atoms with van der Waals surface area (Å²) in [4.78, 5) is 25.1. The van der Waals surface area contributed by atoms with Crippen LogP contribution in [0.25, 0.3) is 23.0 Å². The number of fused-ring (bicyclic) bond motifs is 4. The molecule has 2 bridgehead atoms.